The topological polar surface area (TPSA) is 135 Å². The van der Waals surface area contributed by atoms with Gasteiger partial charge in [-0.05, 0) is 13.3 Å². The van der Waals surface area contributed by atoms with E-state index in [0.717, 1.165) is 5.75 Å². The zero-order valence-corrected chi connectivity index (χ0v) is 14.6. The number of nitrogens with zero attached hydrogens (tertiary/aromatic N) is 3. The van der Waals surface area contributed by atoms with Crippen molar-refractivity contribution in [2.45, 2.75) is 19.0 Å². The maximum Gasteiger partial charge on any atom is 0.397 e. The first kappa shape index (κ1) is 19.8. The lowest BCUT2D eigenvalue weighted by atomic mass is 10.1. The molecule has 0 aromatic carbocycles. The fourth-order valence-corrected chi connectivity index (χ4v) is 2.30. The summed E-state index contributed by atoms with van der Waals surface area (Å²) < 4.78 is 34.9. The van der Waals surface area contributed by atoms with Crippen molar-refractivity contribution in [3.63, 3.8) is 0 Å². The second kappa shape index (κ2) is 9.82. The van der Waals surface area contributed by atoms with E-state index in [2.05, 4.69) is 25.1 Å². The van der Waals surface area contributed by atoms with Gasteiger partial charge >= 0.3 is 10.4 Å². The smallest absolute Gasteiger partial charge is 0.354 e. The van der Waals surface area contributed by atoms with Gasteiger partial charge in [0.05, 0.1) is 24.9 Å². The molecule has 132 valence electrons. The van der Waals surface area contributed by atoms with Crippen LogP contribution in [0.5, 0.6) is 0 Å². The second-order valence-electron chi connectivity index (χ2n) is 4.55. The molecule has 10 nitrogen and oxygen atoms in total. The summed E-state index contributed by atoms with van der Waals surface area (Å²) in [5.41, 5.74) is 0.580. The van der Waals surface area contributed by atoms with Crippen molar-refractivity contribution in [2.75, 3.05) is 32.2 Å². The average molecular weight is 367 g/mol. The van der Waals surface area contributed by atoms with Gasteiger partial charge in [-0.3, -0.25) is 9.35 Å². The van der Waals surface area contributed by atoms with Gasteiger partial charge in [0, 0.05) is 24.9 Å². The number of hydrogen-bond donors (Lipinski definition) is 3. The van der Waals surface area contributed by atoms with Crippen LogP contribution < -0.4 is 10.6 Å². The van der Waals surface area contributed by atoms with Crippen LogP contribution in [0.2, 0.25) is 0 Å². The fraction of sp³-hybridized carbons (Fsp3) is 0.727. The molecule has 1 rings (SSSR count). The van der Waals surface area contributed by atoms with E-state index in [9.17, 15) is 13.2 Å². The number of carbonyl (C=O) groups is 1. The largest absolute Gasteiger partial charge is 0.397 e. The number of hydrogen-bond acceptors (Lipinski definition) is 8. The van der Waals surface area contributed by atoms with E-state index in [1.807, 2.05) is 6.26 Å². The molecular formula is C11H21N5O5S2. The third-order valence-corrected chi connectivity index (χ3v) is 3.90. The average Bonchev–Trinajstić information content (AvgIpc) is 2.91. The van der Waals surface area contributed by atoms with Crippen LogP contribution in [-0.2, 0) is 32.3 Å². The lowest BCUT2D eigenvalue weighted by Crippen LogP contribution is -2.44. The van der Waals surface area contributed by atoms with Gasteiger partial charge in [-0.1, -0.05) is 5.21 Å². The quantitative estimate of drug-likeness (QED) is 0.322. The number of likely N-dealkylation sites (N-methyl/N-ethyl adjacent to an activating group) is 1. The molecule has 0 aliphatic carbocycles. The van der Waals surface area contributed by atoms with E-state index < -0.39 is 16.4 Å². The Bertz CT molecular complexity index is 591. The second-order valence-corrected chi connectivity index (χ2v) is 6.63. The van der Waals surface area contributed by atoms with Gasteiger partial charge in [0.1, 0.15) is 0 Å². The summed E-state index contributed by atoms with van der Waals surface area (Å²) in [6.45, 7) is 0.445. The number of thioether (sulfide) groups is 1. The predicted molar refractivity (Wildman–Crippen MR) is 85.5 cm³/mol. The summed E-state index contributed by atoms with van der Waals surface area (Å²) in [7, 11) is -2.78. The van der Waals surface area contributed by atoms with Gasteiger partial charge in [-0.2, -0.15) is 20.2 Å². The standard InChI is InChI=1S/C11H21N5O5S2/c1-12-10(11(17)13-3-6-22-2)7-9-8-16(15-14-9)4-5-21-23(18,19)20/h8,10,12H,3-7H2,1-2H3,(H,13,17)(H,18,19,20)/t10-/m0/s1. The highest BCUT2D eigenvalue weighted by atomic mass is 32.3. The van der Waals surface area contributed by atoms with E-state index >= 15 is 0 Å². The van der Waals surface area contributed by atoms with Crippen molar-refractivity contribution in [1.82, 2.24) is 25.6 Å². The third kappa shape index (κ3) is 8.27. The summed E-state index contributed by atoms with van der Waals surface area (Å²) in [4.78, 5) is 12.0. The van der Waals surface area contributed by atoms with Crippen molar-refractivity contribution in [3.05, 3.63) is 11.9 Å². The fourth-order valence-electron chi connectivity index (χ4n) is 1.71. The van der Waals surface area contributed by atoms with E-state index in [0.29, 0.717) is 18.7 Å². The van der Waals surface area contributed by atoms with E-state index in [1.54, 1.807) is 25.0 Å². The molecule has 1 amide bonds. The molecule has 1 heterocycles. The van der Waals surface area contributed by atoms with Crippen LogP contribution in [0.15, 0.2) is 6.20 Å². The Labute approximate surface area is 139 Å². The highest BCUT2D eigenvalue weighted by Gasteiger charge is 2.18. The van der Waals surface area contributed by atoms with Gasteiger partial charge in [-0.15, -0.1) is 5.10 Å². The zero-order valence-electron chi connectivity index (χ0n) is 12.9. The van der Waals surface area contributed by atoms with Gasteiger partial charge < -0.3 is 10.6 Å². The summed E-state index contributed by atoms with van der Waals surface area (Å²) in [6, 6.07) is -0.434. The van der Waals surface area contributed by atoms with Crippen LogP contribution in [0.1, 0.15) is 5.69 Å². The summed E-state index contributed by atoms with van der Waals surface area (Å²) in [6.07, 6.45) is 3.90. The number of amides is 1. The molecule has 0 spiro atoms. The highest BCUT2D eigenvalue weighted by Crippen LogP contribution is 2.00. The Morgan fingerprint density at radius 3 is 2.91 bits per heavy atom. The van der Waals surface area contributed by atoms with Gasteiger partial charge in [0.25, 0.3) is 0 Å². The van der Waals surface area contributed by atoms with Crippen molar-refractivity contribution in [1.29, 1.82) is 0 Å². The number of nitrogens with one attached hydrogen (secondary N) is 2. The van der Waals surface area contributed by atoms with E-state index in [1.165, 1.54) is 4.68 Å². The molecule has 12 heteroatoms. The van der Waals surface area contributed by atoms with E-state index in [-0.39, 0.29) is 19.1 Å². The van der Waals surface area contributed by atoms with Gasteiger partial charge in [0.2, 0.25) is 5.91 Å². The SMILES string of the molecule is CN[C@@H](Cc1cn(CCOS(=O)(=O)O)nn1)C(=O)NCCSC. The first-order valence-corrected chi connectivity index (χ1v) is 9.56. The van der Waals surface area contributed by atoms with E-state index in [4.69, 9.17) is 4.55 Å². The Kier molecular flexibility index (Phi) is 8.47. The molecule has 0 saturated heterocycles. The van der Waals surface area contributed by atoms with Gasteiger partial charge in [-0.25, -0.2) is 8.86 Å². The molecule has 3 N–H and O–H groups in total. The third-order valence-electron chi connectivity index (χ3n) is 2.82. The molecular weight excluding hydrogens is 346 g/mol. The van der Waals surface area contributed by atoms with Crippen LogP contribution >= 0.6 is 11.8 Å². The predicted octanol–water partition coefficient (Wildman–Crippen LogP) is -1.29. The lowest BCUT2D eigenvalue weighted by molar-refractivity contribution is -0.122. The van der Waals surface area contributed by atoms with Gasteiger partial charge in [0.15, 0.2) is 0 Å². The van der Waals surface area contributed by atoms with Crippen molar-refractivity contribution >= 4 is 28.1 Å². The minimum absolute atomic E-state index is 0.108. The summed E-state index contributed by atoms with van der Waals surface area (Å²) in [5, 5.41) is 13.5. The number of rotatable bonds is 11. The molecule has 1 aromatic heterocycles. The Balaban J connectivity index is 2.47. The molecule has 23 heavy (non-hydrogen) atoms. The monoisotopic (exact) mass is 367 g/mol. The number of aromatic nitrogens is 3. The zero-order chi connectivity index (χ0) is 17.3. The summed E-state index contributed by atoms with van der Waals surface area (Å²) >= 11 is 1.65. The molecule has 1 atom stereocenters. The molecule has 1 aromatic rings. The molecule has 0 radical (unpaired) electrons. The molecule has 0 saturated carbocycles. The molecule has 0 fully saturated rings. The van der Waals surface area contributed by atoms with Crippen LogP contribution in [-0.4, -0.2) is 72.1 Å². The van der Waals surface area contributed by atoms with Crippen molar-refractivity contribution < 1.29 is 21.9 Å². The van der Waals surface area contributed by atoms with Crippen LogP contribution in [0.25, 0.3) is 0 Å². The maximum absolute atomic E-state index is 12.0. The molecule has 0 aliphatic heterocycles. The van der Waals surface area contributed by atoms with Crippen LogP contribution in [0, 0.1) is 0 Å². The van der Waals surface area contributed by atoms with Crippen LogP contribution in [0.4, 0.5) is 0 Å². The summed E-state index contributed by atoms with van der Waals surface area (Å²) in [5.74, 6) is 0.720. The number of carbonyl (C=O) groups excluding carboxylic acids is 1. The molecule has 0 aliphatic rings. The Morgan fingerprint density at radius 1 is 1.57 bits per heavy atom. The molecule has 0 unspecified atom stereocenters. The van der Waals surface area contributed by atoms with Crippen molar-refractivity contribution in [2.24, 2.45) is 0 Å². The minimum Gasteiger partial charge on any atom is -0.354 e. The first-order valence-electron chi connectivity index (χ1n) is 6.80. The minimum atomic E-state index is -4.46. The Morgan fingerprint density at radius 2 is 2.30 bits per heavy atom. The van der Waals surface area contributed by atoms with Crippen LogP contribution in [0.3, 0.4) is 0 Å². The maximum atomic E-state index is 12.0. The normalized spacial score (nSPS) is 13.0. The Hall–Kier alpha value is -1.21. The first-order chi connectivity index (χ1) is 10.9. The molecule has 0 bridgehead atoms. The lowest BCUT2D eigenvalue weighted by Gasteiger charge is -2.14. The highest BCUT2D eigenvalue weighted by molar-refractivity contribution is 7.98. The van der Waals surface area contributed by atoms with Crippen molar-refractivity contribution in [3.8, 4) is 0 Å².